The molecule has 9 heteroatoms. The fourth-order valence-corrected chi connectivity index (χ4v) is 5.39. The van der Waals surface area contributed by atoms with E-state index in [1.807, 2.05) is 6.07 Å². The standard InChI is InChI=1S/C23H24F2N4O2S/c1-23(2)8-12(5-13(26)9-23)15-3-4-27-10-18(15)28-21(31)19-11-32-22(29-19)20-16(24)6-14(30)7-17(20)25/h3-4,6-7,10-13,30H,5,8-9,26H2,1-2H3,(H,28,31)/t12-,13+/m0/s1. The third-order valence-electron chi connectivity index (χ3n) is 5.72. The number of aromatic hydroxyl groups is 1. The third kappa shape index (κ3) is 4.63. The number of hydrogen-bond acceptors (Lipinski definition) is 6. The molecule has 1 aromatic carbocycles. The Hall–Kier alpha value is -2.91. The molecule has 32 heavy (non-hydrogen) atoms. The minimum Gasteiger partial charge on any atom is -0.508 e. The van der Waals surface area contributed by atoms with Gasteiger partial charge in [0, 0.05) is 29.8 Å². The molecule has 1 saturated carbocycles. The van der Waals surface area contributed by atoms with Gasteiger partial charge in [-0.3, -0.25) is 9.78 Å². The molecular weight excluding hydrogens is 434 g/mol. The molecule has 0 unspecified atom stereocenters. The molecule has 1 amide bonds. The van der Waals surface area contributed by atoms with Gasteiger partial charge in [-0.05, 0) is 42.2 Å². The number of phenolic OH excluding ortho intramolecular Hbond substituents is 1. The Bertz CT molecular complexity index is 1140. The number of phenols is 1. The van der Waals surface area contributed by atoms with Crippen LogP contribution in [0.3, 0.4) is 0 Å². The SMILES string of the molecule is CC1(C)C[C@H](N)C[C@H](c2ccncc2NC(=O)c2csc(-c3c(F)cc(O)cc3F)n2)C1. The molecule has 1 fully saturated rings. The summed E-state index contributed by atoms with van der Waals surface area (Å²) < 4.78 is 28.3. The van der Waals surface area contributed by atoms with Gasteiger partial charge in [0.25, 0.3) is 5.91 Å². The van der Waals surface area contributed by atoms with Crippen molar-refractivity contribution in [2.45, 2.75) is 45.1 Å². The second-order valence-electron chi connectivity index (χ2n) is 9.00. The number of nitrogens with one attached hydrogen (secondary N) is 1. The van der Waals surface area contributed by atoms with Crippen LogP contribution in [0.5, 0.6) is 5.75 Å². The van der Waals surface area contributed by atoms with Crippen molar-refractivity contribution in [2.75, 3.05) is 5.32 Å². The van der Waals surface area contributed by atoms with Gasteiger partial charge in [0.1, 0.15) is 28.1 Å². The average molecular weight is 459 g/mol. The van der Waals surface area contributed by atoms with E-state index in [0.717, 1.165) is 48.3 Å². The molecule has 2 heterocycles. The van der Waals surface area contributed by atoms with Gasteiger partial charge >= 0.3 is 0 Å². The Kier molecular flexibility index (Phi) is 5.96. The number of hydrogen-bond donors (Lipinski definition) is 3. The Morgan fingerprint density at radius 2 is 2.00 bits per heavy atom. The van der Waals surface area contributed by atoms with Crippen LogP contribution in [0.15, 0.2) is 36.0 Å². The van der Waals surface area contributed by atoms with Crippen LogP contribution >= 0.6 is 11.3 Å². The van der Waals surface area contributed by atoms with Crippen LogP contribution in [0.1, 0.15) is 55.1 Å². The van der Waals surface area contributed by atoms with E-state index < -0.39 is 23.3 Å². The monoisotopic (exact) mass is 458 g/mol. The number of anilines is 1. The number of aromatic nitrogens is 2. The first-order chi connectivity index (χ1) is 15.1. The minimum absolute atomic E-state index is 0.0107. The molecule has 2 atom stereocenters. The first kappa shape index (κ1) is 22.3. The van der Waals surface area contributed by atoms with Crippen molar-refractivity contribution in [1.82, 2.24) is 9.97 Å². The van der Waals surface area contributed by atoms with E-state index in [1.165, 1.54) is 5.38 Å². The topological polar surface area (TPSA) is 101 Å². The number of thiazole rings is 1. The van der Waals surface area contributed by atoms with Crippen LogP contribution in [0.2, 0.25) is 0 Å². The third-order valence-corrected chi connectivity index (χ3v) is 6.58. The van der Waals surface area contributed by atoms with Gasteiger partial charge < -0.3 is 16.2 Å². The number of carbonyl (C=O) groups excluding carboxylic acids is 1. The van der Waals surface area contributed by atoms with Crippen molar-refractivity contribution in [3.8, 4) is 16.3 Å². The van der Waals surface area contributed by atoms with E-state index in [2.05, 4.69) is 29.1 Å². The summed E-state index contributed by atoms with van der Waals surface area (Å²) in [6.45, 7) is 4.38. The van der Waals surface area contributed by atoms with Gasteiger partial charge in [0.05, 0.1) is 17.4 Å². The Balaban J connectivity index is 1.58. The molecule has 1 aliphatic rings. The summed E-state index contributed by atoms with van der Waals surface area (Å²) >= 11 is 0.942. The molecule has 168 valence electrons. The molecule has 2 aromatic heterocycles. The predicted octanol–water partition coefficient (Wildman–Crippen LogP) is 5.06. The Morgan fingerprint density at radius 3 is 2.69 bits per heavy atom. The molecule has 0 saturated heterocycles. The van der Waals surface area contributed by atoms with Gasteiger partial charge in [-0.1, -0.05) is 13.8 Å². The second-order valence-corrected chi connectivity index (χ2v) is 9.86. The lowest BCUT2D eigenvalue weighted by atomic mass is 9.68. The maximum atomic E-state index is 14.2. The molecular formula is C23H24F2N4O2S. The van der Waals surface area contributed by atoms with Gasteiger partial charge in [0.15, 0.2) is 0 Å². The van der Waals surface area contributed by atoms with E-state index in [9.17, 15) is 18.7 Å². The van der Waals surface area contributed by atoms with Crippen molar-refractivity contribution in [2.24, 2.45) is 11.1 Å². The van der Waals surface area contributed by atoms with Crippen LogP contribution < -0.4 is 11.1 Å². The zero-order chi connectivity index (χ0) is 23.0. The number of nitrogens with zero attached hydrogens (tertiary/aromatic N) is 2. The van der Waals surface area contributed by atoms with Crippen molar-refractivity contribution in [3.05, 3.63) is 58.9 Å². The molecule has 1 aliphatic carbocycles. The van der Waals surface area contributed by atoms with Crippen molar-refractivity contribution in [3.63, 3.8) is 0 Å². The lowest BCUT2D eigenvalue weighted by Crippen LogP contribution is -2.36. The zero-order valence-corrected chi connectivity index (χ0v) is 18.5. The van der Waals surface area contributed by atoms with Gasteiger partial charge in [-0.25, -0.2) is 13.8 Å². The molecule has 0 radical (unpaired) electrons. The molecule has 0 spiro atoms. The normalized spacial score (nSPS) is 20.2. The van der Waals surface area contributed by atoms with Crippen LogP contribution in [0.4, 0.5) is 14.5 Å². The number of halogens is 2. The lowest BCUT2D eigenvalue weighted by molar-refractivity contribution is 0.102. The summed E-state index contributed by atoms with van der Waals surface area (Å²) in [5.41, 5.74) is 7.56. The second kappa shape index (κ2) is 8.55. The van der Waals surface area contributed by atoms with Crippen molar-refractivity contribution >= 4 is 22.9 Å². The summed E-state index contributed by atoms with van der Waals surface area (Å²) in [6.07, 6.45) is 5.98. The fourth-order valence-electron chi connectivity index (χ4n) is 4.54. The van der Waals surface area contributed by atoms with E-state index in [4.69, 9.17) is 5.73 Å². The highest BCUT2D eigenvalue weighted by Gasteiger charge is 2.34. The van der Waals surface area contributed by atoms with Gasteiger partial charge in [0.2, 0.25) is 0 Å². The van der Waals surface area contributed by atoms with E-state index in [0.29, 0.717) is 5.69 Å². The summed E-state index contributed by atoms with van der Waals surface area (Å²) in [5, 5.41) is 13.6. The first-order valence-electron chi connectivity index (χ1n) is 10.3. The van der Waals surface area contributed by atoms with Gasteiger partial charge in [-0.15, -0.1) is 11.3 Å². The average Bonchev–Trinajstić information content (AvgIpc) is 3.16. The van der Waals surface area contributed by atoms with Crippen LogP contribution in [-0.4, -0.2) is 27.0 Å². The van der Waals surface area contributed by atoms with Crippen LogP contribution in [-0.2, 0) is 0 Å². The lowest BCUT2D eigenvalue weighted by Gasteiger charge is -2.39. The first-order valence-corrected chi connectivity index (χ1v) is 11.2. The molecule has 3 aromatic rings. The summed E-state index contributed by atoms with van der Waals surface area (Å²) in [4.78, 5) is 21.1. The molecule has 0 bridgehead atoms. The van der Waals surface area contributed by atoms with Crippen LogP contribution in [0, 0.1) is 17.0 Å². The maximum absolute atomic E-state index is 14.2. The maximum Gasteiger partial charge on any atom is 0.275 e. The largest absolute Gasteiger partial charge is 0.508 e. The Labute approximate surface area is 188 Å². The number of carbonyl (C=O) groups is 1. The number of amides is 1. The number of pyridine rings is 1. The minimum atomic E-state index is -0.949. The predicted molar refractivity (Wildman–Crippen MR) is 120 cm³/mol. The quantitative estimate of drug-likeness (QED) is 0.507. The van der Waals surface area contributed by atoms with Crippen molar-refractivity contribution < 1.29 is 18.7 Å². The van der Waals surface area contributed by atoms with E-state index in [-0.39, 0.29) is 33.6 Å². The van der Waals surface area contributed by atoms with Crippen LogP contribution in [0.25, 0.3) is 10.6 Å². The number of nitrogens with two attached hydrogens (primary N) is 1. The summed E-state index contributed by atoms with van der Waals surface area (Å²) in [6, 6.07) is 3.58. The summed E-state index contributed by atoms with van der Waals surface area (Å²) in [7, 11) is 0. The highest BCUT2D eigenvalue weighted by molar-refractivity contribution is 7.13. The molecule has 6 nitrogen and oxygen atoms in total. The smallest absolute Gasteiger partial charge is 0.275 e. The highest BCUT2D eigenvalue weighted by Crippen LogP contribution is 2.44. The van der Waals surface area contributed by atoms with Gasteiger partial charge in [-0.2, -0.15) is 0 Å². The zero-order valence-electron chi connectivity index (χ0n) is 17.7. The fraction of sp³-hybridized carbons (Fsp3) is 0.348. The summed E-state index contributed by atoms with van der Waals surface area (Å²) in [5.74, 6) is -2.74. The van der Waals surface area contributed by atoms with Crippen molar-refractivity contribution in [1.29, 1.82) is 0 Å². The highest BCUT2D eigenvalue weighted by atomic mass is 32.1. The number of benzene rings is 1. The molecule has 4 rings (SSSR count). The number of rotatable bonds is 4. The molecule has 4 N–H and O–H groups in total. The van der Waals surface area contributed by atoms with E-state index >= 15 is 0 Å². The Morgan fingerprint density at radius 1 is 1.28 bits per heavy atom. The molecule has 0 aliphatic heterocycles. The van der Waals surface area contributed by atoms with E-state index in [1.54, 1.807) is 12.4 Å².